The number of carboxylic acid groups (broad SMARTS) is 1. The summed E-state index contributed by atoms with van der Waals surface area (Å²) in [4.78, 5) is 26.5. The molecule has 176 valence electrons. The van der Waals surface area contributed by atoms with E-state index >= 15 is 0 Å². The average molecular weight is 461 g/mol. The molecule has 0 radical (unpaired) electrons. The van der Waals surface area contributed by atoms with Gasteiger partial charge in [-0.15, -0.1) is 0 Å². The van der Waals surface area contributed by atoms with Crippen molar-refractivity contribution in [2.75, 3.05) is 14.2 Å². The number of imidazole rings is 1. The summed E-state index contributed by atoms with van der Waals surface area (Å²) in [7, 11) is 2.99. The second kappa shape index (κ2) is 11.1. The number of rotatable bonds is 6. The van der Waals surface area contributed by atoms with Crippen molar-refractivity contribution in [3.8, 4) is 5.75 Å². The number of hydrogen-bond donors (Lipinski definition) is 1. The molecule has 0 aliphatic heterocycles. The topological polar surface area (TPSA) is 90.6 Å². The molecule has 1 heterocycles. The third-order valence-electron chi connectivity index (χ3n) is 5.70. The molecule has 34 heavy (non-hydrogen) atoms. The Hall–Kier alpha value is -4.13. The number of aliphatic carboxylic acids is 1. The van der Waals surface area contributed by atoms with E-state index in [0.717, 1.165) is 27.6 Å². The minimum Gasteiger partial charge on any atom is -0.497 e. The number of hydrogen-bond acceptors (Lipinski definition) is 5. The summed E-state index contributed by atoms with van der Waals surface area (Å²) < 4.78 is 11.7. The maximum absolute atomic E-state index is 11.5. The molecule has 0 spiro atoms. The minimum absolute atomic E-state index is 0.0489. The summed E-state index contributed by atoms with van der Waals surface area (Å²) in [6, 6.07) is 21.4. The van der Waals surface area contributed by atoms with E-state index in [1.807, 2.05) is 73.7 Å². The number of benzene rings is 3. The Labute approximate surface area is 198 Å². The van der Waals surface area contributed by atoms with E-state index in [1.54, 1.807) is 24.9 Å². The Bertz CT molecular complexity index is 1270. The first kappa shape index (κ1) is 24.5. The number of aromatic nitrogens is 2. The second-order valence-electron chi connectivity index (χ2n) is 7.80. The highest BCUT2D eigenvalue weighted by molar-refractivity contribution is 5.87. The van der Waals surface area contributed by atoms with Crippen molar-refractivity contribution < 1.29 is 24.2 Å². The number of fused-ring (bicyclic) bond motifs is 1. The Balaban J connectivity index is 0.000000191. The van der Waals surface area contributed by atoms with Gasteiger partial charge in [0.25, 0.3) is 0 Å². The summed E-state index contributed by atoms with van der Waals surface area (Å²) in [5, 5.41) is 11.0. The van der Waals surface area contributed by atoms with E-state index < -0.39 is 11.9 Å². The van der Waals surface area contributed by atoms with Crippen LogP contribution in [-0.2, 0) is 9.53 Å². The van der Waals surface area contributed by atoms with E-state index in [4.69, 9.17) is 14.6 Å². The van der Waals surface area contributed by atoms with Crippen LogP contribution in [-0.4, -0.2) is 40.8 Å². The van der Waals surface area contributed by atoms with Crippen molar-refractivity contribution in [2.24, 2.45) is 0 Å². The van der Waals surface area contributed by atoms with Gasteiger partial charge in [-0.25, -0.2) is 9.78 Å². The van der Waals surface area contributed by atoms with E-state index in [9.17, 15) is 9.59 Å². The summed E-state index contributed by atoms with van der Waals surface area (Å²) >= 11 is 0. The highest BCUT2D eigenvalue weighted by atomic mass is 16.5. The maximum Gasteiger partial charge on any atom is 0.356 e. The molecular formula is C27H28N2O5. The highest BCUT2D eigenvalue weighted by Gasteiger charge is 2.17. The van der Waals surface area contributed by atoms with Crippen LogP contribution in [0, 0.1) is 0 Å². The number of esters is 1. The Morgan fingerprint density at radius 1 is 0.912 bits per heavy atom. The number of carboxylic acids is 1. The summed E-state index contributed by atoms with van der Waals surface area (Å²) in [5.41, 5.74) is 2.40. The molecule has 2 atom stereocenters. The van der Waals surface area contributed by atoms with Gasteiger partial charge in [-0.05, 0) is 47.9 Å². The fraction of sp³-hybridized carbons (Fsp3) is 0.222. The summed E-state index contributed by atoms with van der Waals surface area (Å²) in [6.45, 7) is 3.70. The summed E-state index contributed by atoms with van der Waals surface area (Å²) in [5.74, 6) is -0.860. The third kappa shape index (κ3) is 5.61. The second-order valence-corrected chi connectivity index (χ2v) is 7.80. The Morgan fingerprint density at radius 3 is 2.24 bits per heavy atom. The summed E-state index contributed by atoms with van der Waals surface area (Å²) in [6.07, 6.45) is 3.16. The predicted octanol–water partition coefficient (Wildman–Crippen LogP) is 5.32. The first-order valence-electron chi connectivity index (χ1n) is 10.8. The van der Waals surface area contributed by atoms with Gasteiger partial charge in [0, 0.05) is 0 Å². The zero-order chi connectivity index (χ0) is 24.7. The van der Waals surface area contributed by atoms with Crippen molar-refractivity contribution in [3.05, 3.63) is 96.1 Å². The van der Waals surface area contributed by atoms with Crippen LogP contribution in [0.1, 0.15) is 47.4 Å². The van der Waals surface area contributed by atoms with Crippen molar-refractivity contribution in [3.63, 3.8) is 0 Å². The fourth-order valence-corrected chi connectivity index (χ4v) is 3.55. The minimum atomic E-state index is -0.808. The molecule has 1 aromatic heterocycles. The van der Waals surface area contributed by atoms with Gasteiger partial charge in [0.2, 0.25) is 0 Å². The van der Waals surface area contributed by atoms with Crippen molar-refractivity contribution in [1.29, 1.82) is 0 Å². The first-order chi connectivity index (χ1) is 16.3. The van der Waals surface area contributed by atoms with E-state index in [2.05, 4.69) is 4.98 Å². The van der Waals surface area contributed by atoms with Gasteiger partial charge in [-0.1, -0.05) is 54.6 Å². The molecule has 4 aromatic rings. The van der Waals surface area contributed by atoms with Gasteiger partial charge < -0.3 is 19.1 Å². The van der Waals surface area contributed by atoms with Gasteiger partial charge in [-0.3, -0.25) is 4.79 Å². The molecule has 0 aliphatic carbocycles. The normalized spacial score (nSPS) is 12.2. The quantitative estimate of drug-likeness (QED) is 0.392. The molecule has 7 nitrogen and oxygen atoms in total. The molecule has 0 aliphatic rings. The Morgan fingerprint density at radius 2 is 1.59 bits per heavy atom. The Kier molecular flexibility index (Phi) is 8.03. The van der Waals surface area contributed by atoms with Gasteiger partial charge in [-0.2, -0.15) is 0 Å². The van der Waals surface area contributed by atoms with Gasteiger partial charge in [0.05, 0.1) is 38.7 Å². The zero-order valence-corrected chi connectivity index (χ0v) is 19.6. The van der Waals surface area contributed by atoms with Crippen LogP contribution in [0.4, 0.5) is 0 Å². The molecule has 1 N–H and O–H groups in total. The van der Waals surface area contributed by atoms with Crippen LogP contribution in [0.15, 0.2) is 79.3 Å². The van der Waals surface area contributed by atoms with Crippen molar-refractivity contribution >= 4 is 22.7 Å². The lowest BCUT2D eigenvalue weighted by molar-refractivity contribution is -0.138. The lowest BCUT2D eigenvalue weighted by Gasteiger charge is -2.15. The largest absolute Gasteiger partial charge is 0.497 e. The molecule has 1 unspecified atom stereocenters. The molecule has 3 aromatic carbocycles. The van der Waals surface area contributed by atoms with Gasteiger partial charge in [0.15, 0.2) is 0 Å². The van der Waals surface area contributed by atoms with Crippen LogP contribution in [0.2, 0.25) is 0 Å². The fourth-order valence-electron chi connectivity index (χ4n) is 3.55. The van der Waals surface area contributed by atoms with Gasteiger partial charge in [0.1, 0.15) is 11.4 Å². The smallest absolute Gasteiger partial charge is 0.356 e. The van der Waals surface area contributed by atoms with Crippen LogP contribution in [0.25, 0.3) is 10.8 Å². The van der Waals surface area contributed by atoms with E-state index in [0.29, 0.717) is 5.69 Å². The molecule has 0 amide bonds. The molecule has 0 bridgehead atoms. The van der Waals surface area contributed by atoms with Crippen LogP contribution < -0.4 is 4.74 Å². The molecular weight excluding hydrogens is 432 g/mol. The highest BCUT2D eigenvalue weighted by Crippen LogP contribution is 2.25. The molecule has 7 heteroatoms. The maximum atomic E-state index is 11.5. The SMILES string of the molecule is COC(=O)c1cncn1C(C)c1ccccc1.COc1ccc2cc([C@H](C)C(=O)O)ccc2c1. The zero-order valence-electron chi connectivity index (χ0n) is 19.6. The van der Waals surface area contributed by atoms with Gasteiger partial charge >= 0.3 is 11.9 Å². The first-order valence-corrected chi connectivity index (χ1v) is 10.8. The van der Waals surface area contributed by atoms with Crippen LogP contribution >= 0.6 is 0 Å². The average Bonchev–Trinajstić information content (AvgIpc) is 3.37. The molecule has 0 saturated carbocycles. The predicted molar refractivity (Wildman–Crippen MR) is 130 cm³/mol. The van der Waals surface area contributed by atoms with Crippen LogP contribution in [0.3, 0.4) is 0 Å². The van der Waals surface area contributed by atoms with Crippen molar-refractivity contribution in [1.82, 2.24) is 9.55 Å². The lowest BCUT2D eigenvalue weighted by atomic mass is 9.98. The number of carbonyl (C=O) groups excluding carboxylic acids is 1. The molecule has 0 fully saturated rings. The van der Waals surface area contributed by atoms with Crippen LogP contribution in [0.5, 0.6) is 5.75 Å². The lowest BCUT2D eigenvalue weighted by Crippen LogP contribution is -2.14. The van der Waals surface area contributed by atoms with Crippen molar-refractivity contribution in [2.45, 2.75) is 25.8 Å². The van der Waals surface area contributed by atoms with E-state index in [-0.39, 0.29) is 12.0 Å². The number of ether oxygens (including phenoxy) is 2. The standard InChI is InChI=1S/C14H14O3.C13H14N2O2/c1-9(14(15)16)10-3-4-12-8-13(17-2)6-5-11(12)7-10;1-10(11-6-4-3-5-7-11)15-9-14-8-12(15)13(16)17-2/h3-9H,1-2H3,(H,15,16);3-10H,1-2H3/t9-;/m0./s1. The number of nitrogens with zero attached hydrogens (tertiary/aromatic N) is 2. The number of methoxy groups -OCH3 is 2. The van der Waals surface area contributed by atoms with E-state index in [1.165, 1.54) is 13.3 Å². The number of carbonyl (C=O) groups is 2. The monoisotopic (exact) mass is 460 g/mol. The molecule has 0 saturated heterocycles. The molecule has 4 rings (SSSR count). The third-order valence-corrected chi connectivity index (χ3v) is 5.70.